The molecule has 19 heavy (non-hydrogen) atoms. The van der Waals surface area contributed by atoms with Crippen LogP contribution in [0.2, 0.25) is 0 Å². The van der Waals surface area contributed by atoms with Gasteiger partial charge in [0.15, 0.2) is 6.29 Å². The molecule has 0 saturated carbocycles. The van der Waals surface area contributed by atoms with Crippen molar-refractivity contribution in [3.63, 3.8) is 0 Å². The number of ether oxygens (including phenoxy) is 1. The Morgan fingerprint density at radius 3 is 2.42 bits per heavy atom. The Kier molecular flexibility index (Phi) is 7.23. The lowest BCUT2D eigenvalue weighted by atomic mass is 10.2. The molecule has 106 valence electrons. The molecular formula is C10H8I3O5S-. The normalized spacial score (nSPS) is 11.4. The molecule has 0 fully saturated rings. The van der Waals surface area contributed by atoms with E-state index >= 15 is 0 Å². The number of aldehydes is 1. The van der Waals surface area contributed by atoms with Crippen LogP contribution in [-0.2, 0) is 10.1 Å². The second kappa shape index (κ2) is 7.70. The van der Waals surface area contributed by atoms with Crippen LogP contribution in [0, 0.1) is 10.7 Å². The Morgan fingerprint density at radius 1 is 1.26 bits per heavy atom. The van der Waals surface area contributed by atoms with Gasteiger partial charge in [-0.15, -0.1) is 0 Å². The smallest absolute Gasteiger partial charge is 0.152 e. The van der Waals surface area contributed by atoms with Gasteiger partial charge in [0, 0.05) is 14.9 Å². The lowest BCUT2D eigenvalue weighted by molar-refractivity contribution is 0.112. The molecule has 1 aromatic carbocycles. The first kappa shape index (κ1) is 17.8. The molecule has 0 spiro atoms. The number of hydrogen-bond donors (Lipinski definition) is 0. The van der Waals surface area contributed by atoms with Crippen LogP contribution >= 0.6 is 67.8 Å². The number of carbonyl (C=O) groups excluding carboxylic acids is 1. The van der Waals surface area contributed by atoms with Gasteiger partial charge in [-0.05, 0) is 80.3 Å². The van der Waals surface area contributed by atoms with Crippen molar-refractivity contribution >= 4 is 84.2 Å². The van der Waals surface area contributed by atoms with Gasteiger partial charge < -0.3 is 9.29 Å². The van der Waals surface area contributed by atoms with Crippen molar-refractivity contribution in [2.75, 3.05) is 12.4 Å². The number of rotatable bonds is 6. The Morgan fingerprint density at radius 2 is 1.89 bits per heavy atom. The van der Waals surface area contributed by atoms with Crippen LogP contribution in [-0.4, -0.2) is 31.6 Å². The molecule has 0 saturated heterocycles. The summed E-state index contributed by atoms with van der Waals surface area (Å²) < 4.78 is 39.2. The number of carbonyl (C=O) groups is 1. The monoisotopic (exact) mass is 621 g/mol. The zero-order valence-electron chi connectivity index (χ0n) is 9.36. The number of benzene rings is 1. The molecule has 0 heterocycles. The fraction of sp³-hybridized carbons (Fsp3) is 0.300. The van der Waals surface area contributed by atoms with Gasteiger partial charge in [-0.2, -0.15) is 0 Å². The van der Waals surface area contributed by atoms with E-state index in [1.807, 2.05) is 28.7 Å². The van der Waals surface area contributed by atoms with E-state index in [1.54, 1.807) is 0 Å². The predicted octanol–water partition coefficient (Wildman–Crippen LogP) is 2.63. The second-order valence-electron chi connectivity index (χ2n) is 3.48. The highest BCUT2D eigenvalue weighted by atomic mass is 127. The minimum Gasteiger partial charge on any atom is -0.748 e. The Labute approximate surface area is 152 Å². The molecule has 1 rings (SSSR count). The van der Waals surface area contributed by atoms with Crippen molar-refractivity contribution in [2.24, 2.45) is 0 Å². The van der Waals surface area contributed by atoms with E-state index in [2.05, 4.69) is 45.2 Å². The van der Waals surface area contributed by atoms with E-state index in [1.165, 1.54) is 0 Å². The van der Waals surface area contributed by atoms with Crippen molar-refractivity contribution in [3.8, 4) is 5.75 Å². The van der Waals surface area contributed by atoms with Crippen LogP contribution in [0.1, 0.15) is 16.8 Å². The summed E-state index contributed by atoms with van der Waals surface area (Å²) in [6.07, 6.45) is 0.884. The van der Waals surface area contributed by atoms with Gasteiger partial charge in [0.05, 0.1) is 23.9 Å². The molecule has 5 nitrogen and oxygen atoms in total. The third kappa shape index (κ3) is 5.59. The highest BCUT2D eigenvalue weighted by Gasteiger charge is 2.14. The van der Waals surface area contributed by atoms with Crippen LogP contribution in [0.15, 0.2) is 6.07 Å². The maximum atomic E-state index is 11.0. The molecule has 0 atom stereocenters. The van der Waals surface area contributed by atoms with Crippen LogP contribution in [0.25, 0.3) is 0 Å². The highest BCUT2D eigenvalue weighted by Crippen LogP contribution is 2.32. The quantitative estimate of drug-likeness (QED) is 0.211. The topological polar surface area (TPSA) is 83.5 Å². The molecular weight excluding hydrogens is 613 g/mol. The summed E-state index contributed by atoms with van der Waals surface area (Å²) in [6, 6.07) is 1.81. The average Bonchev–Trinajstić information content (AvgIpc) is 2.26. The van der Waals surface area contributed by atoms with Gasteiger partial charge >= 0.3 is 0 Å². The first-order valence-electron chi connectivity index (χ1n) is 4.95. The van der Waals surface area contributed by atoms with Gasteiger partial charge in [0.1, 0.15) is 5.75 Å². The number of halogens is 3. The van der Waals surface area contributed by atoms with Crippen LogP contribution in [0.3, 0.4) is 0 Å². The molecule has 0 aliphatic heterocycles. The molecule has 0 aromatic heterocycles. The molecule has 0 aliphatic carbocycles. The first-order valence-corrected chi connectivity index (χ1v) is 9.76. The summed E-state index contributed by atoms with van der Waals surface area (Å²) in [5, 5.41) is 0. The van der Waals surface area contributed by atoms with Crippen molar-refractivity contribution in [1.82, 2.24) is 0 Å². The minimum atomic E-state index is -4.21. The summed E-state index contributed by atoms with van der Waals surface area (Å²) in [6.45, 7) is 0.117. The largest absolute Gasteiger partial charge is 0.748 e. The van der Waals surface area contributed by atoms with Gasteiger partial charge in [0.25, 0.3) is 0 Å². The van der Waals surface area contributed by atoms with Crippen molar-refractivity contribution in [1.29, 1.82) is 0 Å². The van der Waals surface area contributed by atoms with Gasteiger partial charge in [-0.25, -0.2) is 8.42 Å². The zero-order valence-corrected chi connectivity index (χ0v) is 16.6. The summed E-state index contributed by atoms with van der Waals surface area (Å²) in [7, 11) is -4.21. The summed E-state index contributed by atoms with van der Waals surface area (Å²) in [4.78, 5) is 11.0. The highest BCUT2D eigenvalue weighted by molar-refractivity contribution is 14.1. The van der Waals surface area contributed by atoms with Crippen LogP contribution in [0.4, 0.5) is 0 Å². The van der Waals surface area contributed by atoms with Crippen LogP contribution in [0.5, 0.6) is 5.75 Å². The molecule has 0 unspecified atom stereocenters. The van der Waals surface area contributed by atoms with Crippen molar-refractivity contribution < 1.29 is 22.5 Å². The zero-order chi connectivity index (χ0) is 14.6. The van der Waals surface area contributed by atoms with Gasteiger partial charge in [0.2, 0.25) is 0 Å². The molecule has 0 N–H and O–H groups in total. The van der Waals surface area contributed by atoms with E-state index < -0.39 is 15.9 Å². The van der Waals surface area contributed by atoms with E-state index in [9.17, 15) is 17.8 Å². The average molecular weight is 621 g/mol. The van der Waals surface area contributed by atoms with E-state index in [-0.39, 0.29) is 13.0 Å². The van der Waals surface area contributed by atoms with Crippen molar-refractivity contribution in [2.45, 2.75) is 6.42 Å². The minimum absolute atomic E-state index is 0.117. The fourth-order valence-electron chi connectivity index (χ4n) is 1.24. The lowest BCUT2D eigenvalue weighted by Crippen LogP contribution is -2.10. The Hall–Kier alpha value is 0.790. The van der Waals surface area contributed by atoms with Crippen LogP contribution < -0.4 is 4.74 Å². The maximum Gasteiger partial charge on any atom is 0.152 e. The third-order valence-electron chi connectivity index (χ3n) is 2.07. The van der Waals surface area contributed by atoms with Gasteiger partial charge in [-0.3, -0.25) is 4.79 Å². The van der Waals surface area contributed by atoms with Crippen molar-refractivity contribution in [3.05, 3.63) is 22.3 Å². The summed E-state index contributed by atoms with van der Waals surface area (Å²) in [5.41, 5.74) is 0.549. The lowest BCUT2D eigenvalue weighted by Gasteiger charge is -2.13. The molecule has 0 radical (unpaired) electrons. The summed E-state index contributed by atoms with van der Waals surface area (Å²) >= 11 is 6.16. The third-order valence-corrected chi connectivity index (χ3v) is 5.62. The molecule has 0 bridgehead atoms. The first-order chi connectivity index (χ1) is 8.76. The fourth-order valence-corrected chi connectivity index (χ4v) is 5.65. The molecule has 1 aromatic rings. The molecule has 0 amide bonds. The number of hydrogen-bond acceptors (Lipinski definition) is 5. The Bertz CT molecular complexity index is 585. The maximum absolute atomic E-state index is 11.0. The molecule has 9 heteroatoms. The summed E-state index contributed by atoms with van der Waals surface area (Å²) in [5.74, 6) is 0.0949. The van der Waals surface area contributed by atoms with E-state index in [4.69, 9.17) is 4.74 Å². The SMILES string of the molecule is O=Cc1c(I)cc(I)c(OCCCS(=O)(=O)[O-])c1I. The second-order valence-corrected chi connectivity index (χ2v) is 8.41. The predicted molar refractivity (Wildman–Crippen MR) is 94.7 cm³/mol. The standard InChI is InChI=1S/C10H9I3O5S/c11-7-4-8(12)10(9(13)6(7)5-14)18-2-1-3-19(15,16)17/h4-5H,1-3H2,(H,15,16,17)/p-1. The Balaban J connectivity index is 2.82. The van der Waals surface area contributed by atoms with E-state index in [0.717, 1.165) is 13.4 Å². The van der Waals surface area contributed by atoms with Gasteiger partial charge in [-0.1, -0.05) is 0 Å². The van der Waals surface area contributed by atoms with E-state index in [0.29, 0.717) is 14.9 Å². The molecule has 0 aliphatic rings.